The van der Waals surface area contributed by atoms with Gasteiger partial charge in [0.25, 0.3) is 0 Å². The van der Waals surface area contributed by atoms with Crippen LogP contribution in [0.1, 0.15) is 49.7 Å². The molecule has 0 unspecified atom stereocenters. The summed E-state index contributed by atoms with van der Waals surface area (Å²) in [6.07, 6.45) is 1.09. The SMILES string of the molecule is CCSCCOC(=O)C1=C(C)NC2=C(C(=O)C[C@H](c3ccc(Cl)cc3)C2)[C@H]1c1ccc(N(C)C)cc1. The lowest BCUT2D eigenvalue weighted by Gasteiger charge is -2.36. The summed E-state index contributed by atoms with van der Waals surface area (Å²) in [6, 6.07) is 15.8. The van der Waals surface area contributed by atoms with Crippen LogP contribution < -0.4 is 10.2 Å². The number of anilines is 1. The highest BCUT2D eigenvalue weighted by Gasteiger charge is 2.41. The number of carbonyl (C=O) groups excluding carboxylic acids is 2. The molecule has 0 amide bonds. The highest BCUT2D eigenvalue weighted by atomic mass is 35.5. The number of thioether (sulfide) groups is 1. The van der Waals surface area contributed by atoms with Gasteiger partial charge in [-0.25, -0.2) is 4.79 Å². The molecular formula is C29H33ClN2O3S. The van der Waals surface area contributed by atoms with Crippen molar-refractivity contribution in [3.8, 4) is 0 Å². The number of rotatable bonds is 8. The number of benzene rings is 2. The fraction of sp³-hybridized carbons (Fsp3) is 0.379. The van der Waals surface area contributed by atoms with Crippen LogP contribution in [-0.4, -0.2) is 44.0 Å². The zero-order valence-corrected chi connectivity index (χ0v) is 22.8. The van der Waals surface area contributed by atoms with Crippen molar-refractivity contribution in [1.82, 2.24) is 5.32 Å². The molecular weight excluding hydrogens is 492 g/mol. The molecule has 1 aliphatic carbocycles. The van der Waals surface area contributed by atoms with Crippen molar-refractivity contribution >= 4 is 40.8 Å². The summed E-state index contributed by atoms with van der Waals surface area (Å²) in [7, 11) is 3.98. The maximum atomic E-state index is 13.7. The van der Waals surface area contributed by atoms with E-state index >= 15 is 0 Å². The molecule has 190 valence electrons. The lowest BCUT2D eigenvalue weighted by molar-refractivity contribution is -0.138. The van der Waals surface area contributed by atoms with Crippen LogP contribution >= 0.6 is 23.4 Å². The van der Waals surface area contributed by atoms with Crippen LogP contribution in [0.25, 0.3) is 0 Å². The fourth-order valence-corrected chi connectivity index (χ4v) is 5.61. The average Bonchev–Trinajstić information content (AvgIpc) is 2.86. The van der Waals surface area contributed by atoms with Gasteiger partial charge in [-0.1, -0.05) is 42.8 Å². The Kier molecular flexibility index (Phi) is 8.47. The summed E-state index contributed by atoms with van der Waals surface area (Å²) in [4.78, 5) is 29.1. The number of allylic oxidation sites excluding steroid dienone is 3. The van der Waals surface area contributed by atoms with Gasteiger partial charge in [0.1, 0.15) is 6.61 Å². The van der Waals surface area contributed by atoms with E-state index in [0.29, 0.717) is 35.6 Å². The number of hydrogen-bond acceptors (Lipinski definition) is 6. The molecule has 0 saturated heterocycles. The molecule has 4 rings (SSSR count). The Hall–Kier alpha value is -2.70. The van der Waals surface area contributed by atoms with E-state index in [9.17, 15) is 9.59 Å². The minimum absolute atomic E-state index is 0.0599. The normalized spacial score (nSPS) is 19.6. The highest BCUT2D eigenvalue weighted by Crippen LogP contribution is 2.46. The number of Topliss-reactive ketones (excluding diaryl/α,β-unsaturated/α-hetero) is 1. The molecule has 36 heavy (non-hydrogen) atoms. The molecule has 7 heteroatoms. The summed E-state index contributed by atoms with van der Waals surface area (Å²) in [5, 5.41) is 4.10. The van der Waals surface area contributed by atoms with E-state index in [1.54, 1.807) is 11.8 Å². The van der Waals surface area contributed by atoms with Gasteiger partial charge in [0.15, 0.2) is 5.78 Å². The molecule has 0 bridgehead atoms. The van der Waals surface area contributed by atoms with E-state index < -0.39 is 5.92 Å². The molecule has 1 aliphatic heterocycles. The predicted molar refractivity (Wildman–Crippen MR) is 149 cm³/mol. The lowest BCUT2D eigenvalue weighted by Crippen LogP contribution is -2.36. The van der Waals surface area contributed by atoms with Gasteiger partial charge in [-0.2, -0.15) is 11.8 Å². The van der Waals surface area contributed by atoms with Crippen molar-refractivity contribution in [3.63, 3.8) is 0 Å². The Labute approximate surface area is 222 Å². The number of nitrogens with zero attached hydrogens (tertiary/aromatic N) is 1. The summed E-state index contributed by atoms with van der Waals surface area (Å²) < 4.78 is 5.67. The Morgan fingerprint density at radius 2 is 1.75 bits per heavy atom. The van der Waals surface area contributed by atoms with Crippen LogP contribution in [0.3, 0.4) is 0 Å². The molecule has 1 N–H and O–H groups in total. The predicted octanol–water partition coefficient (Wildman–Crippen LogP) is 6.06. The van der Waals surface area contributed by atoms with Crippen LogP contribution in [0, 0.1) is 0 Å². The molecule has 1 heterocycles. The van der Waals surface area contributed by atoms with Crippen molar-refractivity contribution < 1.29 is 14.3 Å². The van der Waals surface area contributed by atoms with Crippen molar-refractivity contribution in [2.24, 2.45) is 0 Å². The van der Waals surface area contributed by atoms with E-state index in [1.807, 2.05) is 74.4 Å². The molecule has 2 aliphatic rings. The molecule has 5 nitrogen and oxygen atoms in total. The second-order valence-corrected chi connectivity index (χ2v) is 11.2. The van der Waals surface area contributed by atoms with Gasteiger partial charge in [0, 0.05) is 59.9 Å². The van der Waals surface area contributed by atoms with Crippen LogP contribution in [0.5, 0.6) is 0 Å². The highest BCUT2D eigenvalue weighted by molar-refractivity contribution is 7.99. The van der Waals surface area contributed by atoms with Gasteiger partial charge in [0.05, 0.1) is 5.57 Å². The summed E-state index contributed by atoms with van der Waals surface area (Å²) in [5.41, 5.74) is 5.90. The third kappa shape index (κ3) is 5.65. The molecule has 0 saturated carbocycles. The van der Waals surface area contributed by atoms with Gasteiger partial charge in [-0.15, -0.1) is 0 Å². The number of hydrogen-bond donors (Lipinski definition) is 1. The third-order valence-corrected chi connectivity index (χ3v) is 7.91. The first-order valence-electron chi connectivity index (χ1n) is 12.3. The van der Waals surface area contributed by atoms with E-state index in [0.717, 1.165) is 39.7 Å². The number of carbonyl (C=O) groups is 2. The zero-order chi connectivity index (χ0) is 25.8. The minimum Gasteiger partial charge on any atom is -0.461 e. The van der Waals surface area contributed by atoms with Gasteiger partial charge in [0.2, 0.25) is 0 Å². The van der Waals surface area contributed by atoms with Gasteiger partial charge < -0.3 is 15.0 Å². The topological polar surface area (TPSA) is 58.6 Å². The fourth-order valence-electron chi connectivity index (χ4n) is 4.99. The standard InChI is InChI=1S/C29H33ClN2O3S/c1-5-36-15-14-35-29(34)26-18(2)31-24-16-21(19-6-10-22(30)11-7-19)17-25(33)28(24)27(26)20-8-12-23(13-9-20)32(3)4/h6-13,21,27,31H,5,14-17H2,1-4H3/t21-,27+/m1/s1. The van der Waals surface area contributed by atoms with Crippen LogP contribution in [0.2, 0.25) is 5.02 Å². The van der Waals surface area contributed by atoms with Crippen LogP contribution in [-0.2, 0) is 14.3 Å². The van der Waals surface area contributed by atoms with Crippen LogP contribution in [0.15, 0.2) is 71.1 Å². The maximum Gasteiger partial charge on any atom is 0.336 e. The quantitative estimate of drug-likeness (QED) is 0.334. The number of ketones is 1. The number of esters is 1. The number of dihydropyridines is 1. The number of ether oxygens (including phenoxy) is 1. The summed E-state index contributed by atoms with van der Waals surface area (Å²) in [6.45, 7) is 4.33. The van der Waals surface area contributed by atoms with Gasteiger partial charge >= 0.3 is 5.97 Å². The maximum absolute atomic E-state index is 13.7. The molecule has 0 aromatic heterocycles. The molecule has 2 aromatic carbocycles. The first kappa shape index (κ1) is 26.4. The Balaban J connectivity index is 1.71. The van der Waals surface area contributed by atoms with E-state index in [4.69, 9.17) is 16.3 Å². The van der Waals surface area contributed by atoms with Crippen molar-refractivity contribution in [1.29, 1.82) is 0 Å². The first-order chi connectivity index (χ1) is 17.3. The van der Waals surface area contributed by atoms with Crippen molar-refractivity contribution in [3.05, 3.63) is 87.2 Å². The molecule has 0 radical (unpaired) electrons. The smallest absolute Gasteiger partial charge is 0.336 e. The minimum atomic E-state index is -0.456. The summed E-state index contributed by atoms with van der Waals surface area (Å²) >= 11 is 7.81. The molecule has 0 fully saturated rings. The number of halogens is 1. The molecule has 2 atom stereocenters. The third-order valence-electron chi connectivity index (χ3n) is 6.80. The van der Waals surface area contributed by atoms with E-state index in [2.05, 4.69) is 12.2 Å². The van der Waals surface area contributed by atoms with Crippen LogP contribution in [0.4, 0.5) is 5.69 Å². The Morgan fingerprint density at radius 1 is 1.08 bits per heavy atom. The first-order valence-corrected chi connectivity index (χ1v) is 13.8. The number of nitrogens with one attached hydrogen (secondary N) is 1. The van der Waals surface area contributed by atoms with Crippen molar-refractivity contribution in [2.75, 3.05) is 37.1 Å². The van der Waals surface area contributed by atoms with Gasteiger partial charge in [-0.05, 0) is 60.4 Å². The molecule has 2 aromatic rings. The largest absolute Gasteiger partial charge is 0.461 e. The monoisotopic (exact) mass is 524 g/mol. The lowest BCUT2D eigenvalue weighted by atomic mass is 9.71. The Morgan fingerprint density at radius 3 is 2.39 bits per heavy atom. The summed E-state index contributed by atoms with van der Waals surface area (Å²) in [5.74, 6) is 1.02. The van der Waals surface area contributed by atoms with E-state index in [1.165, 1.54) is 0 Å². The van der Waals surface area contributed by atoms with E-state index in [-0.39, 0.29) is 17.7 Å². The van der Waals surface area contributed by atoms with Crippen molar-refractivity contribution in [2.45, 2.75) is 38.5 Å². The Bertz CT molecular complexity index is 1190. The zero-order valence-electron chi connectivity index (χ0n) is 21.3. The average molecular weight is 525 g/mol. The second-order valence-electron chi connectivity index (χ2n) is 9.39. The molecule has 0 spiro atoms. The van der Waals surface area contributed by atoms with Gasteiger partial charge in [-0.3, -0.25) is 4.79 Å². The second kappa shape index (κ2) is 11.6.